The zero-order valence-electron chi connectivity index (χ0n) is 12.8. The van der Waals surface area contributed by atoms with Crippen LogP contribution >= 0.6 is 15.9 Å². The van der Waals surface area contributed by atoms with E-state index in [1.54, 1.807) is 24.3 Å². The summed E-state index contributed by atoms with van der Waals surface area (Å²) in [6, 6.07) is 8.68. The fraction of sp³-hybridized carbons (Fsp3) is 0.625. The molecule has 2 fully saturated rings. The van der Waals surface area contributed by atoms with Crippen molar-refractivity contribution in [2.75, 3.05) is 19.3 Å². The Bertz CT molecular complexity index is 606. The lowest BCUT2D eigenvalue weighted by Gasteiger charge is -2.35. The van der Waals surface area contributed by atoms with E-state index in [1.807, 2.05) is 0 Å². The second-order valence-electron chi connectivity index (χ2n) is 6.52. The highest BCUT2D eigenvalue weighted by Gasteiger charge is 2.35. The van der Waals surface area contributed by atoms with Crippen LogP contribution in [0.1, 0.15) is 25.7 Å². The van der Waals surface area contributed by atoms with Crippen LogP contribution in [0, 0.1) is 0 Å². The number of halogens is 1. The summed E-state index contributed by atoms with van der Waals surface area (Å²) in [6.45, 7) is 0.600. The van der Waals surface area contributed by atoms with Crippen LogP contribution < -0.4 is 5.32 Å². The molecule has 0 aromatic heterocycles. The molecule has 1 N–H and O–H groups in total. The molecule has 2 aliphatic rings. The first-order valence-corrected chi connectivity index (χ1v) is 10.3. The van der Waals surface area contributed by atoms with E-state index in [-0.39, 0.29) is 5.75 Å². The molecule has 22 heavy (non-hydrogen) atoms. The maximum atomic E-state index is 12.4. The van der Waals surface area contributed by atoms with Crippen molar-refractivity contribution in [1.82, 2.24) is 10.2 Å². The molecular formula is C16H23BrN2O2S. The zero-order chi connectivity index (χ0) is 15.7. The summed E-state index contributed by atoms with van der Waals surface area (Å²) < 4.78 is 25.7. The van der Waals surface area contributed by atoms with Gasteiger partial charge in [0.1, 0.15) is 0 Å². The third kappa shape index (κ3) is 3.72. The summed E-state index contributed by atoms with van der Waals surface area (Å²) in [7, 11) is -1.14. The van der Waals surface area contributed by atoms with Gasteiger partial charge < -0.3 is 10.2 Å². The normalized spacial score (nSPS) is 28.2. The highest BCUT2D eigenvalue weighted by molar-refractivity contribution is 9.10. The SMILES string of the molecule is CN(CCS(=O)(=O)c1ccc(Br)cc1)C1CC2CCC(C1)N2. The Balaban J connectivity index is 1.58. The molecule has 1 aromatic carbocycles. The maximum Gasteiger partial charge on any atom is 0.179 e. The minimum absolute atomic E-state index is 0.185. The summed E-state index contributed by atoms with van der Waals surface area (Å²) in [6.07, 6.45) is 4.83. The van der Waals surface area contributed by atoms with E-state index in [9.17, 15) is 8.42 Å². The first-order chi connectivity index (χ1) is 10.4. The Hall–Kier alpha value is -0.430. The predicted molar refractivity (Wildman–Crippen MR) is 91.8 cm³/mol. The fourth-order valence-electron chi connectivity index (χ4n) is 3.59. The number of benzene rings is 1. The van der Waals surface area contributed by atoms with E-state index < -0.39 is 9.84 Å². The lowest BCUT2D eigenvalue weighted by atomic mass is 9.99. The number of fused-ring (bicyclic) bond motifs is 2. The fourth-order valence-corrected chi connectivity index (χ4v) is 5.17. The van der Waals surface area contributed by atoms with E-state index in [1.165, 1.54) is 12.8 Å². The minimum Gasteiger partial charge on any atom is -0.311 e. The van der Waals surface area contributed by atoms with E-state index >= 15 is 0 Å². The lowest BCUT2D eigenvalue weighted by molar-refractivity contribution is 0.180. The molecule has 2 unspecified atom stereocenters. The monoisotopic (exact) mass is 386 g/mol. The molecule has 122 valence electrons. The molecule has 0 saturated carbocycles. The summed E-state index contributed by atoms with van der Waals surface area (Å²) in [5.74, 6) is 0.185. The molecule has 2 saturated heterocycles. The van der Waals surface area contributed by atoms with Gasteiger partial charge in [0.05, 0.1) is 10.6 Å². The molecule has 4 nitrogen and oxygen atoms in total. The van der Waals surface area contributed by atoms with Crippen molar-refractivity contribution in [1.29, 1.82) is 0 Å². The average molecular weight is 387 g/mol. The molecule has 2 aliphatic heterocycles. The standard InChI is InChI=1S/C16H23BrN2O2S/c1-19(15-10-13-4-5-14(11-15)18-13)8-9-22(20,21)16-6-2-12(17)3-7-16/h2-3,6-7,13-15,18H,4-5,8-11H2,1H3. The molecule has 2 atom stereocenters. The van der Waals surface area contributed by atoms with E-state index in [0.29, 0.717) is 29.6 Å². The molecule has 2 bridgehead atoms. The minimum atomic E-state index is -3.20. The van der Waals surface area contributed by atoms with Crippen LogP contribution in [0.25, 0.3) is 0 Å². The van der Waals surface area contributed by atoms with Gasteiger partial charge >= 0.3 is 0 Å². The largest absolute Gasteiger partial charge is 0.311 e. The topological polar surface area (TPSA) is 49.4 Å². The molecule has 1 aromatic rings. The Kier molecular flexibility index (Phi) is 4.92. The van der Waals surface area contributed by atoms with E-state index in [2.05, 4.69) is 33.2 Å². The second-order valence-corrected chi connectivity index (χ2v) is 9.54. The predicted octanol–water partition coefficient (Wildman–Crippen LogP) is 2.44. The summed E-state index contributed by atoms with van der Waals surface area (Å²) in [5, 5.41) is 3.63. The van der Waals surface area contributed by atoms with Crippen molar-refractivity contribution < 1.29 is 8.42 Å². The molecular weight excluding hydrogens is 364 g/mol. The van der Waals surface area contributed by atoms with Crippen LogP contribution in [0.5, 0.6) is 0 Å². The van der Waals surface area contributed by atoms with Gasteiger partial charge in [-0.3, -0.25) is 0 Å². The molecule has 0 radical (unpaired) electrons. The lowest BCUT2D eigenvalue weighted by Crippen LogP contribution is -2.47. The van der Waals surface area contributed by atoms with Gasteiger partial charge in [-0.15, -0.1) is 0 Å². The third-order valence-electron chi connectivity index (χ3n) is 4.96. The quantitative estimate of drug-likeness (QED) is 0.843. The number of nitrogens with one attached hydrogen (secondary N) is 1. The smallest absolute Gasteiger partial charge is 0.179 e. The highest BCUT2D eigenvalue weighted by Crippen LogP contribution is 2.29. The van der Waals surface area contributed by atoms with Gasteiger partial charge in [-0.25, -0.2) is 8.42 Å². The van der Waals surface area contributed by atoms with Crippen LogP contribution in [-0.2, 0) is 9.84 Å². The number of sulfone groups is 1. The van der Waals surface area contributed by atoms with Crippen molar-refractivity contribution in [3.63, 3.8) is 0 Å². The first-order valence-electron chi connectivity index (χ1n) is 7.88. The van der Waals surface area contributed by atoms with Crippen LogP contribution in [0.3, 0.4) is 0 Å². The van der Waals surface area contributed by atoms with Crippen LogP contribution in [0.15, 0.2) is 33.6 Å². The van der Waals surface area contributed by atoms with Crippen LogP contribution in [0.2, 0.25) is 0 Å². The number of piperidine rings is 1. The Morgan fingerprint density at radius 2 is 1.77 bits per heavy atom. The van der Waals surface area contributed by atoms with Crippen molar-refractivity contribution in [3.8, 4) is 0 Å². The maximum absolute atomic E-state index is 12.4. The number of rotatable bonds is 5. The van der Waals surface area contributed by atoms with Gasteiger partial charge in [-0.05, 0) is 57.0 Å². The third-order valence-corrected chi connectivity index (χ3v) is 7.20. The van der Waals surface area contributed by atoms with Crippen molar-refractivity contribution in [3.05, 3.63) is 28.7 Å². The molecule has 6 heteroatoms. The van der Waals surface area contributed by atoms with E-state index in [4.69, 9.17) is 0 Å². The number of hydrogen-bond acceptors (Lipinski definition) is 4. The van der Waals surface area contributed by atoms with Crippen LogP contribution in [0.4, 0.5) is 0 Å². The highest BCUT2D eigenvalue weighted by atomic mass is 79.9. The van der Waals surface area contributed by atoms with Gasteiger partial charge in [0.25, 0.3) is 0 Å². The van der Waals surface area contributed by atoms with Crippen molar-refractivity contribution in [2.24, 2.45) is 0 Å². The molecule has 0 amide bonds. The van der Waals surface area contributed by atoms with Crippen molar-refractivity contribution in [2.45, 2.75) is 48.7 Å². The second kappa shape index (κ2) is 6.59. The zero-order valence-corrected chi connectivity index (χ0v) is 15.2. The molecule has 3 rings (SSSR count). The van der Waals surface area contributed by atoms with Gasteiger partial charge in [0.15, 0.2) is 9.84 Å². The number of nitrogens with zero attached hydrogens (tertiary/aromatic N) is 1. The first kappa shape index (κ1) is 16.4. The van der Waals surface area contributed by atoms with Crippen molar-refractivity contribution >= 4 is 25.8 Å². The Labute approximate surface area is 141 Å². The average Bonchev–Trinajstić information content (AvgIpc) is 2.83. The summed E-state index contributed by atoms with van der Waals surface area (Å²) in [4.78, 5) is 2.65. The Morgan fingerprint density at radius 1 is 1.18 bits per heavy atom. The molecule has 2 heterocycles. The van der Waals surface area contributed by atoms with Gasteiger partial charge in [0.2, 0.25) is 0 Å². The number of hydrogen-bond donors (Lipinski definition) is 1. The van der Waals surface area contributed by atoms with Gasteiger partial charge in [-0.2, -0.15) is 0 Å². The summed E-state index contributed by atoms with van der Waals surface area (Å²) in [5.41, 5.74) is 0. The molecule has 0 aliphatic carbocycles. The molecule has 0 spiro atoms. The van der Waals surface area contributed by atoms with E-state index in [0.717, 1.165) is 17.3 Å². The van der Waals surface area contributed by atoms with Gasteiger partial charge in [0, 0.05) is 29.1 Å². The van der Waals surface area contributed by atoms with Gasteiger partial charge in [-0.1, -0.05) is 15.9 Å². The Morgan fingerprint density at radius 3 is 2.36 bits per heavy atom. The van der Waals surface area contributed by atoms with Crippen LogP contribution in [-0.4, -0.2) is 50.8 Å². The summed E-state index contributed by atoms with van der Waals surface area (Å²) >= 11 is 3.33.